The number of para-hydroxylation sites is 1. The predicted octanol–water partition coefficient (Wildman–Crippen LogP) is 0.342. The number of carbonyl (C=O) groups is 1. The average Bonchev–Trinajstić information content (AvgIpc) is 2.28. The minimum absolute atomic E-state index is 0.277. The highest BCUT2D eigenvalue weighted by Crippen LogP contribution is 2.15. The summed E-state index contributed by atoms with van der Waals surface area (Å²) in [6.07, 6.45) is 0.810. The van der Waals surface area contributed by atoms with Crippen molar-refractivity contribution in [3.63, 3.8) is 0 Å². The summed E-state index contributed by atoms with van der Waals surface area (Å²) in [5, 5.41) is 2.68. The van der Waals surface area contributed by atoms with Crippen molar-refractivity contribution >= 4 is 17.8 Å². The van der Waals surface area contributed by atoms with Crippen LogP contribution in [0, 0.1) is 0 Å². The van der Waals surface area contributed by atoms with E-state index in [1.54, 1.807) is 6.21 Å². The van der Waals surface area contributed by atoms with Gasteiger partial charge in [-0.1, -0.05) is 18.2 Å². The number of carbonyl (C=O) groups excluding carboxylic acids is 1. The molecule has 0 spiro atoms. The third-order valence-corrected chi connectivity index (χ3v) is 1.86. The first-order chi connectivity index (χ1) is 6.27. The van der Waals surface area contributed by atoms with Crippen LogP contribution in [0.25, 0.3) is 0 Å². The number of hydrogen-bond acceptors (Lipinski definition) is 3. The molecule has 1 atom stereocenters. The molecule has 1 aliphatic rings. The molecular formula is C9H9N3O. The maximum atomic E-state index is 11.2. The molecule has 13 heavy (non-hydrogen) atoms. The van der Waals surface area contributed by atoms with E-state index in [2.05, 4.69) is 10.3 Å². The number of hydrogen-bond donors (Lipinski definition) is 2. The van der Waals surface area contributed by atoms with E-state index in [0.717, 1.165) is 11.3 Å². The first-order valence-corrected chi connectivity index (χ1v) is 3.96. The molecule has 0 fully saturated rings. The van der Waals surface area contributed by atoms with Crippen LogP contribution in [0.3, 0.4) is 0 Å². The lowest BCUT2D eigenvalue weighted by molar-refractivity contribution is -0.117. The van der Waals surface area contributed by atoms with Gasteiger partial charge in [0.25, 0.3) is 5.91 Å². The van der Waals surface area contributed by atoms with Crippen LogP contribution in [0.1, 0.15) is 5.56 Å². The van der Waals surface area contributed by atoms with Crippen molar-refractivity contribution in [2.75, 3.05) is 5.32 Å². The Balaban J connectivity index is 2.46. The number of nitrogens with zero attached hydrogens (tertiary/aromatic N) is 1. The van der Waals surface area contributed by atoms with Crippen LogP contribution in [-0.4, -0.2) is 18.3 Å². The highest BCUT2D eigenvalue weighted by atomic mass is 16.2. The van der Waals surface area contributed by atoms with Gasteiger partial charge in [0.2, 0.25) is 0 Å². The lowest BCUT2D eigenvalue weighted by Crippen LogP contribution is -2.32. The highest BCUT2D eigenvalue weighted by molar-refractivity contribution is 6.03. The molecule has 1 amide bonds. The zero-order valence-electron chi connectivity index (χ0n) is 6.90. The van der Waals surface area contributed by atoms with E-state index in [1.165, 1.54) is 0 Å². The van der Waals surface area contributed by atoms with Crippen LogP contribution in [0.5, 0.6) is 0 Å². The van der Waals surface area contributed by atoms with Gasteiger partial charge in [-0.05, 0) is 6.07 Å². The molecule has 3 N–H and O–H groups in total. The normalized spacial score (nSPS) is 20.4. The van der Waals surface area contributed by atoms with E-state index in [9.17, 15) is 4.79 Å². The second-order valence-electron chi connectivity index (χ2n) is 2.80. The molecule has 0 saturated heterocycles. The summed E-state index contributed by atoms with van der Waals surface area (Å²) in [5.41, 5.74) is 7.08. The van der Waals surface area contributed by atoms with Crippen molar-refractivity contribution in [1.82, 2.24) is 0 Å². The third-order valence-electron chi connectivity index (χ3n) is 1.86. The molecule has 4 nitrogen and oxygen atoms in total. The second-order valence-corrected chi connectivity index (χ2v) is 2.80. The van der Waals surface area contributed by atoms with Crippen molar-refractivity contribution in [3.05, 3.63) is 29.8 Å². The number of benzodiazepines with no additional fused rings is 1. The van der Waals surface area contributed by atoms with Gasteiger partial charge >= 0.3 is 0 Å². The molecule has 1 aliphatic heterocycles. The minimum Gasteiger partial charge on any atom is -0.322 e. The van der Waals surface area contributed by atoms with Crippen molar-refractivity contribution in [1.29, 1.82) is 0 Å². The lowest BCUT2D eigenvalue weighted by Gasteiger charge is -2.05. The SMILES string of the molecule is NC1N=Cc2ccccc2NC1=O. The molecule has 1 aromatic carbocycles. The largest absolute Gasteiger partial charge is 0.322 e. The van der Waals surface area contributed by atoms with E-state index in [0.29, 0.717) is 0 Å². The number of nitrogens with one attached hydrogen (secondary N) is 1. The zero-order valence-corrected chi connectivity index (χ0v) is 6.90. The van der Waals surface area contributed by atoms with E-state index in [4.69, 9.17) is 5.73 Å². The Kier molecular flexibility index (Phi) is 1.83. The summed E-state index contributed by atoms with van der Waals surface area (Å²) in [6.45, 7) is 0. The molecule has 0 bridgehead atoms. The van der Waals surface area contributed by atoms with Crippen molar-refractivity contribution in [3.8, 4) is 0 Å². The molecule has 0 aromatic heterocycles. The first kappa shape index (κ1) is 7.94. The minimum atomic E-state index is -0.799. The van der Waals surface area contributed by atoms with Gasteiger partial charge in [-0.2, -0.15) is 0 Å². The van der Waals surface area contributed by atoms with E-state index >= 15 is 0 Å². The number of anilines is 1. The van der Waals surface area contributed by atoms with Crippen molar-refractivity contribution in [2.45, 2.75) is 6.17 Å². The second kappa shape index (κ2) is 2.99. The van der Waals surface area contributed by atoms with Crippen LogP contribution < -0.4 is 11.1 Å². The molecule has 66 valence electrons. The van der Waals surface area contributed by atoms with Crippen LogP contribution in [0.15, 0.2) is 29.3 Å². The van der Waals surface area contributed by atoms with Crippen molar-refractivity contribution in [2.24, 2.45) is 10.7 Å². The van der Waals surface area contributed by atoms with Gasteiger partial charge < -0.3 is 11.1 Å². The molecule has 1 heterocycles. The molecule has 2 rings (SSSR count). The van der Waals surface area contributed by atoms with Gasteiger partial charge in [0.05, 0.1) is 0 Å². The summed E-state index contributed by atoms with van der Waals surface area (Å²) >= 11 is 0. The Bertz CT molecular complexity index is 373. The quantitative estimate of drug-likeness (QED) is 0.597. The number of amides is 1. The van der Waals surface area contributed by atoms with Gasteiger partial charge in [0, 0.05) is 17.5 Å². The average molecular weight is 175 g/mol. The number of fused-ring (bicyclic) bond motifs is 1. The molecule has 1 aromatic rings. The Labute approximate surface area is 75.5 Å². The summed E-state index contributed by atoms with van der Waals surface area (Å²) in [6, 6.07) is 7.42. The van der Waals surface area contributed by atoms with E-state index in [1.807, 2.05) is 24.3 Å². The van der Waals surface area contributed by atoms with Crippen LogP contribution in [0.4, 0.5) is 5.69 Å². The summed E-state index contributed by atoms with van der Waals surface area (Å²) in [5.74, 6) is -0.277. The predicted molar refractivity (Wildman–Crippen MR) is 50.6 cm³/mol. The topological polar surface area (TPSA) is 67.5 Å². The third kappa shape index (κ3) is 1.43. The Morgan fingerprint density at radius 2 is 2.15 bits per heavy atom. The highest BCUT2D eigenvalue weighted by Gasteiger charge is 2.15. The Morgan fingerprint density at radius 1 is 1.38 bits per heavy atom. The summed E-state index contributed by atoms with van der Waals surface area (Å²) in [4.78, 5) is 15.1. The molecule has 0 radical (unpaired) electrons. The standard InChI is InChI=1S/C9H9N3O/c10-8-9(13)12-7-4-2-1-3-6(7)5-11-8/h1-5,8H,10H2,(H,12,13). The molecule has 0 aliphatic carbocycles. The molecule has 0 saturated carbocycles. The Morgan fingerprint density at radius 3 is 3.00 bits per heavy atom. The lowest BCUT2D eigenvalue weighted by atomic mass is 10.2. The van der Waals surface area contributed by atoms with Gasteiger partial charge in [0.15, 0.2) is 6.17 Å². The van der Waals surface area contributed by atoms with Crippen LogP contribution >= 0.6 is 0 Å². The number of rotatable bonds is 0. The van der Waals surface area contributed by atoms with Crippen molar-refractivity contribution < 1.29 is 4.79 Å². The smallest absolute Gasteiger partial charge is 0.263 e. The number of aliphatic imine (C=N–C) groups is 1. The van der Waals surface area contributed by atoms with Gasteiger partial charge in [-0.3, -0.25) is 9.79 Å². The fourth-order valence-electron chi connectivity index (χ4n) is 1.16. The van der Waals surface area contributed by atoms with E-state index < -0.39 is 6.17 Å². The molecular weight excluding hydrogens is 166 g/mol. The number of benzene rings is 1. The fourth-order valence-corrected chi connectivity index (χ4v) is 1.16. The van der Waals surface area contributed by atoms with Crippen LogP contribution in [0.2, 0.25) is 0 Å². The van der Waals surface area contributed by atoms with Gasteiger partial charge in [-0.15, -0.1) is 0 Å². The number of nitrogens with two attached hydrogens (primary N) is 1. The molecule has 1 unspecified atom stereocenters. The van der Waals surface area contributed by atoms with Gasteiger partial charge in [0.1, 0.15) is 0 Å². The summed E-state index contributed by atoms with van der Waals surface area (Å²) in [7, 11) is 0. The van der Waals surface area contributed by atoms with Gasteiger partial charge in [-0.25, -0.2) is 0 Å². The first-order valence-electron chi connectivity index (χ1n) is 3.96. The molecule has 4 heteroatoms. The maximum Gasteiger partial charge on any atom is 0.263 e. The fraction of sp³-hybridized carbons (Fsp3) is 0.111. The van der Waals surface area contributed by atoms with E-state index in [-0.39, 0.29) is 5.91 Å². The zero-order chi connectivity index (χ0) is 9.26. The Hall–Kier alpha value is -1.68. The summed E-state index contributed by atoms with van der Waals surface area (Å²) < 4.78 is 0. The maximum absolute atomic E-state index is 11.2. The van der Waals surface area contributed by atoms with Crippen LogP contribution in [-0.2, 0) is 4.79 Å². The monoisotopic (exact) mass is 175 g/mol.